The maximum absolute atomic E-state index is 12.7. The smallest absolute Gasteiger partial charge is 0.252 e. The van der Waals surface area contributed by atoms with Crippen LogP contribution in [0.3, 0.4) is 0 Å². The van der Waals surface area contributed by atoms with E-state index in [0.29, 0.717) is 6.54 Å². The van der Waals surface area contributed by atoms with E-state index in [1.54, 1.807) is 0 Å². The van der Waals surface area contributed by atoms with Crippen molar-refractivity contribution in [1.29, 1.82) is 0 Å². The van der Waals surface area contributed by atoms with Crippen LogP contribution in [0.5, 0.6) is 0 Å². The Kier molecular flexibility index (Phi) is 5.17. The van der Waals surface area contributed by atoms with Crippen LogP contribution in [0.1, 0.15) is 21.5 Å². The Balaban J connectivity index is 1.47. The second kappa shape index (κ2) is 7.51. The van der Waals surface area contributed by atoms with Crippen LogP contribution in [0.4, 0.5) is 4.39 Å². The van der Waals surface area contributed by atoms with Crippen LogP contribution in [-0.4, -0.2) is 46.6 Å². The molecule has 2 heterocycles. The van der Waals surface area contributed by atoms with Crippen LogP contribution in [0.2, 0.25) is 0 Å². The third-order valence-corrected chi connectivity index (χ3v) is 4.17. The summed E-state index contributed by atoms with van der Waals surface area (Å²) in [4.78, 5) is 17.5. The average Bonchev–Trinajstić information content (AvgIpc) is 2.60. The Morgan fingerprint density at radius 1 is 1.29 bits per heavy atom. The topological polar surface area (TPSA) is 65.5 Å². The highest BCUT2D eigenvalue weighted by molar-refractivity contribution is 5.93. The minimum Gasteiger partial charge on any atom is -0.390 e. The zero-order valence-electron chi connectivity index (χ0n) is 13.3. The van der Waals surface area contributed by atoms with Gasteiger partial charge in [0.05, 0.1) is 11.7 Å². The van der Waals surface area contributed by atoms with Gasteiger partial charge < -0.3 is 10.4 Å². The summed E-state index contributed by atoms with van der Waals surface area (Å²) in [6.45, 7) is 2.34. The summed E-state index contributed by atoms with van der Waals surface area (Å²) in [6, 6.07) is 10.8. The first kappa shape index (κ1) is 16.5. The predicted octanol–water partition coefficient (Wildman–Crippen LogP) is 1.37. The van der Waals surface area contributed by atoms with E-state index in [9.17, 15) is 14.3 Å². The summed E-state index contributed by atoms with van der Waals surface area (Å²) in [5, 5.41) is 12.8. The predicted molar refractivity (Wildman–Crippen MR) is 88.0 cm³/mol. The molecule has 1 unspecified atom stereocenters. The fourth-order valence-electron chi connectivity index (χ4n) is 2.90. The van der Waals surface area contributed by atoms with Gasteiger partial charge in [-0.25, -0.2) is 4.98 Å². The van der Waals surface area contributed by atoms with Crippen LogP contribution < -0.4 is 5.32 Å². The van der Waals surface area contributed by atoms with Gasteiger partial charge in [-0.05, 0) is 29.7 Å². The third kappa shape index (κ3) is 4.15. The largest absolute Gasteiger partial charge is 0.390 e. The number of aromatic nitrogens is 1. The molecule has 1 aromatic carbocycles. The maximum Gasteiger partial charge on any atom is 0.252 e. The number of halogens is 1. The second-order valence-corrected chi connectivity index (χ2v) is 5.99. The number of fused-ring (bicyclic) bond motifs is 1. The number of aliphatic hydroxyl groups excluding tert-OH is 1. The van der Waals surface area contributed by atoms with E-state index in [0.717, 1.165) is 25.6 Å². The summed E-state index contributed by atoms with van der Waals surface area (Å²) in [5.74, 6) is -0.998. The van der Waals surface area contributed by atoms with Crippen molar-refractivity contribution < 1.29 is 14.3 Å². The van der Waals surface area contributed by atoms with Gasteiger partial charge in [-0.2, -0.15) is 4.39 Å². The van der Waals surface area contributed by atoms with Crippen molar-refractivity contribution >= 4 is 5.91 Å². The highest BCUT2D eigenvalue weighted by atomic mass is 19.1. The fraction of sp³-hybridized carbons (Fsp3) is 0.333. The number of pyridine rings is 1. The van der Waals surface area contributed by atoms with Crippen molar-refractivity contribution in [2.24, 2.45) is 0 Å². The number of benzene rings is 1. The molecule has 5 nitrogen and oxygen atoms in total. The van der Waals surface area contributed by atoms with Crippen molar-refractivity contribution in [2.45, 2.75) is 19.1 Å². The summed E-state index contributed by atoms with van der Waals surface area (Å²) in [5.41, 5.74) is 2.92. The molecule has 126 valence electrons. The van der Waals surface area contributed by atoms with Crippen LogP contribution in [-0.2, 0) is 13.0 Å². The van der Waals surface area contributed by atoms with Crippen molar-refractivity contribution in [1.82, 2.24) is 15.2 Å². The molecule has 2 aromatic rings. The molecule has 0 aliphatic carbocycles. The van der Waals surface area contributed by atoms with Crippen molar-refractivity contribution in [3.8, 4) is 0 Å². The lowest BCUT2D eigenvalue weighted by Crippen LogP contribution is -2.42. The Bertz CT molecular complexity index is 706. The van der Waals surface area contributed by atoms with Gasteiger partial charge in [-0.3, -0.25) is 9.69 Å². The second-order valence-electron chi connectivity index (χ2n) is 5.99. The molecule has 1 atom stereocenters. The molecule has 0 fully saturated rings. The number of rotatable bonds is 5. The van der Waals surface area contributed by atoms with E-state index in [1.807, 2.05) is 12.1 Å². The Morgan fingerprint density at radius 3 is 2.83 bits per heavy atom. The number of nitrogens with zero attached hydrogens (tertiary/aromatic N) is 2. The number of β-amino-alcohol motifs (C(OH)–C–C–N with tert-alkyl or cyclic N) is 1. The van der Waals surface area contributed by atoms with E-state index in [1.165, 1.54) is 23.4 Å². The Labute approximate surface area is 140 Å². The first-order valence-electron chi connectivity index (χ1n) is 7.99. The van der Waals surface area contributed by atoms with Crippen molar-refractivity contribution in [3.05, 3.63) is 65.2 Å². The molecule has 0 spiro atoms. The minimum atomic E-state index is -0.660. The monoisotopic (exact) mass is 329 g/mol. The van der Waals surface area contributed by atoms with E-state index >= 15 is 0 Å². The zero-order valence-corrected chi connectivity index (χ0v) is 13.3. The molecule has 1 aromatic heterocycles. The first-order valence-corrected chi connectivity index (χ1v) is 7.99. The average molecular weight is 329 g/mol. The van der Waals surface area contributed by atoms with Gasteiger partial charge in [0.15, 0.2) is 0 Å². The molecule has 3 rings (SSSR count). The quantitative estimate of drug-likeness (QED) is 0.813. The SMILES string of the molecule is O=C(NCC(O)CN1CCc2ccccc2C1)c1ccc(F)nc1. The molecule has 0 saturated carbocycles. The van der Waals surface area contributed by atoms with Gasteiger partial charge in [0.25, 0.3) is 5.91 Å². The van der Waals surface area contributed by atoms with Gasteiger partial charge in [-0.1, -0.05) is 24.3 Å². The molecule has 1 amide bonds. The number of hydrogen-bond acceptors (Lipinski definition) is 4. The number of aliphatic hydroxyl groups is 1. The maximum atomic E-state index is 12.7. The summed E-state index contributed by atoms with van der Waals surface area (Å²) < 4.78 is 12.7. The summed E-state index contributed by atoms with van der Waals surface area (Å²) in [7, 11) is 0. The molecule has 0 bridgehead atoms. The van der Waals surface area contributed by atoms with E-state index in [-0.39, 0.29) is 18.0 Å². The standard InChI is InChI=1S/C18H20FN3O2/c19-17-6-5-14(9-20-17)18(24)21-10-16(23)12-22-8-7-13-3-1-2-4-15(13)11-22/h1-6,9,16,23H,7-8,10-12H2,(H,21,24). The van der Waals surface area contributed by atoms with E-state index in [2.05, 4.69) is 27.3 Å². The highest BCUT2D eigenvalue weighted by Crippen LogP contribution is 2.18. The summed E-state index contributed by atoms with van der Waals surface area (Å²) >= 11 is 0. The third-order valence-electron chi connectivity index (χ3n) is 4.17. The Morgan fingerprint density at radius 2 is 2.08 bits per heavy atom. The van der Waals surface area contributed by atoms with Gasteiger partial charge in [0, 0.05) is 32.4 Å². The van der Waals surface area contributed by atoms with E-state index in [4.69, 9.17) is 0 Å². The normalized spacial score (nSPS) is 15.6. The van der Waals surface area contributed by atoms with Crippen molar-refractivity contribution in [2.75, 3.05) is 19.6 Å². The van der Waals surface area contributed by atoms with Gasteiger partial charge in [0.1, 0.15) is 0 Å². The lowest BCUT2D eigenvalue weighted by Gasteiger charge is -2.30. The van der Waals surface area contributed by atoms with Gasteiger partial charge in [-0.15, -0.1) is 0 Å². The Hall–Kier alpha value is -2.31. The van der Waals surface area contributed by atoms with Crippen molar-refractivity contribution in [3.63, 3.8) is 0 Å². The number of carbonyl (C=O) groups excluding carboxylic acids is 1. The van der Waals surface area contributed by atoms with Gasteiger partial charge in [0.2, 0.25) is 5.95 Å². The molecular formula is C18H20FN3O2. The van der Waals surface area contributed by atoms with Crippen LogP contribution >= 0.6 is 0 Å². The highest BCUT2D eigenvalue weighted by Gasteiger charge is 2.18. The molecule has 0 radical (unpaired) electrons. The number of amides is 1. The number of nitrogens with one attached hydrogen (secondary N) is 1. The molecule has 6 heteroatoms. The fourth-order valence-corrected chi connectivity index (χ4v) is 2.90. The molecule has 0 saturated heterocycles. The van der Waals surface area contributed by atoms with Crippen LogP contribution in [0, 0.1) is 5.95 Å². The van der Waals surface area contributed by atoms with Crippen LogP contribution in [0.15, 0.2) is 42.6 Å². The lowest BCUT2D eigenvalue weighted by molar-refractivity contribution is 0.0841. The van der Waals surface area contributed by atoms with Gasteiger partial charge >= 0.3 is 0 Å². The first-order chi connectivity index (χ1) is 11.6. The molecule has 1 aliphatic heterocycles. The molecule has 1 aliphatic rings. The number of hydrogen-bond donors (Lipinski definition) is 2. The van der Waals surface area contributed by atoms with Crippen LogP contribution in [0.25, 0.3) is 0 Å². The summed E-state index contributed by atoms with van der Waals surface area (Å²) in [6.07, 6.45) is 1.49. The lowest BCUT2D eigenvalue weighted by atomic mass is 10.00. The number of carbonyl (C=O) groups is 1. The minimum absolute atomic E-state index is 0.147. The molecular weight excluding hydrogens is 309 g/mol. The molecule has 24 heavy (non-hydrogen) atoms. The zero-order chi connectivity index (χ0) is 16.9. The molecule has 2 N–H and O–H groups in total. The van der Waals surface area contributed by atoms with E-state index < -0.39 is 12.1 Å².